The first-order chi connectivity index (χ1) is 8.90. The van der Waals surface area contributed by atoms with Gasteiger partial charge in [0.25, 0.3) is 6.48 Å². The molecule has 1 unspecified atom stereocenters. The van der Waals surface area contributed by atoms with E-state index in [1.165, 1.54) is 17.8 Å². The fraction of sp³-hybridized carbons (Fsp3) is 0.444. The van der Waals surface area contributed by atoms with Crippen LogP contribution < -0.4 is 5.73 Å². The number of nitrogens with zero attached hydrogens (tertiary/aromatic N) is 4. The summed E-state index contributed by atoms with van der Waals surface area (Å²) >= 11 is 5.86. The maximum atomic E-state index is 9.63. The molecule has 0 aliphatic rings. The van der Waals surface area contributed by atoms with Gasteiger partial charge < -0.3 is 25.8 Å². The minimum absolute atomic E-state index is 0.0511. The lowest BCUT2D eigenvalue weighted by Gasteiger charge is -2.22. The number of hydrogen-bond donors (Lipinski definition) is 4. The molecule has 0 spiro atoms. The van der Waals surface area contributed by atoms with Gasteiger partial charge in [0.1, 0.15) is 5.52 Å². The van der Waals surface area contributed by atoms with Crippen LogP contribution in [0.2, 0.25) is 5.15 Å². The van der Waals surface area contributed by atoms with Crippen LogP contribution in [0.25, 0.3) is 11.2 Å². The molecule has 19 heavy (non-hydrogen) atoms. The molecule has 0 fully saturated rings. The number of hydrogen-bond acceptors (Lipinski definition) is 8. The van der Waals surface area contributed by atoms with Gasteiger partial charge in [-0.05, 0) is 6.92 Å². The molecule has 0 radical (unpaired) electrons. The van der Waals surface area contributed by atoms with E-state index in [1.807, 2.05) is 0 Å². The Hall–Kier alpha value is -1.52. The molecular formula is C9H12ClN5O4. The number of fused-ring (bicyclic) bond motifs is 1. The summed E-state index contributed by atoms with van der Waals surface area (Å²) in [5.41, 5.74) is 5.95. The molecule has 0 aliphatic heterocycles. The van der Waals surface area contributed by atoms with Crippen LogP contribution in [0.1, 0.15) is 13.2 Å². The van der Waals surface area contributed by atoms with E-state index in [-0.39, 0.29) is 22.3 Å². The fourth-order valence-corrected chi connectivity index (χ4v) is 1.84. The Labute approximate surface area is 112 Å². The Kier molecular flexibility index (Phi) is 3.83. The number of aliphatic hydroxyl groups is 3. The van der Waals surface area contributed by atoms with Crippen LogP contribution in [-0.4, -0.2) is 47.4 Å². The number of aromatic nitrogens is 4. The van der Waals surface area contributed by atoms with E-state index in [9.17, 15) is 5.11 Å². The monoisotopic (exact) mass is 289 g/mol. The van der Waals surface area contributed by atoms with Crippen LogP contribution in [0.15, 0.2) is 6.33 Å². The average Bonchev–Trinajstić information content (AvgIpc) is 2.69. The maximum Gasteiger partial charge on any atom is 0.268 e. The van der Waals surface area contributed by atoms with Crippen molar-refractivity contribution in [3.05, 3.63) is 11.5 Å². The van der Waals surface area contributed by atoms with Gasteiger partial charge in [0, 0.05) is 0 Å². The summed E-state index contributed by atoms with van der Waals surface area (Å²) < 4.78 is 6.06. The van der Waals surface area contributed by atoms with Gasteiger partial charge in [-0.2, -0.15) is 9.97 Å². The molecule has 0 aromatic carbocycles. The first kappa shape index (κ1) is 13.9. The van der Waals surface area contributed by atoms with E-state index >= 15 is 0 Å². The minimum atomic E-state index is -2.06. The number of ether oxygens (including phenoxy) is 1. The summed E-state index contributed by atoms with van der Waals surface area (Å²) in [4.78, 5) is 11.6. The van der Waals surface area contributed by atoms with Gasteiger partial charge in [-0.3, -0.25) is 4.57 Å². The number of nitrogens with two attached hydrogens (primary N) is 1. The molecule has 0 saturated heterocycles. The van der Waals surface area contributed by atoms with Gasteiger partial charge in [-0.15, -0.1) is 0 Å². The van der Waals surface area contributed by atoms with E-state index in [1.54, 1.807) is 0 Å². The summed E-state index contributed by atoms with van der Waals surface area (Å²) in [5.74, 6) is -0.0758. The predicted molar refractivity (Wildman–Crippen MR) is 64.8 cm³/mol. The number of aliphatic hydroxyl groups excluding tert-OH is 2. The van der Waals surface area contributed by atoms with Crippen molar-refractivity contribution in [3.8, 4) is 0 Å². The first-order valence-corrected chi connectivity index (χ1v) is 5.63. The number of halogens is 1. The van der Waals surface area contributed by atoms with Crippen molar-refractivity contribution in [2.75, 3.05) is 5.73 Å². The number of nitrogen functional groups attached to an aromatic ring is 1. The highest BCUT2D eigenvalue weighted by Crippen LogP contribution is 2.24. The quantitative estimate of drug-likeness (QED) is 0.425. The molecule has 0 saturated carbocycles. The van der Waals surface area contributed by atoms with Crippen molar-refractivity contribution < 1.29 is 20.1 Å². The maximum absolute atomic E-state index is 9.63. The van der Waals surface area contributed by atoms with Gasteiger partial charge >= 0.3 is 0 Å². The van der Waals surface area contributed by atoms with Gasteiger partial charge in [0.05, 0.1) is 12.4 Å². The Bertz CT molecular complexity index is 587. The van der Waals surface area contributed by atoms with Crippen molar-refractivity contribution in [3.63, 3.8) is 0 Å². The van der Waals surface area contributed by atoms with Gasteiger partial charge in [-0.1, -0.05) is 11.6 Å². The summed E-state index contributed by atoms with van der Waals surface area (Å²) in [6.45, 7) is -0.655. The predicted octanol–water partition coefficient (Wildman–Crippen LogP) is -0.774. The van der Waals surface area contributed by atoms with Gasteiger partial charge in [0.15, 0.2) is 17.0 Å². The molecule has 2 heterocycles. The topological polar surface area (TPSA) is 140 Å². The second-order valence-electron chi connectivity index (χ2n) is 3.79. The number of imidazole rings is 1. The lowest BCUT2D eigenvalue weighted by molar-refractivity contribution is -0.284. The SMILES string of the molecule is CC(O)[C@@H](OC(O)O)n1cnc2c(Cl)nc(N)nc21. The van der Waals surface area contributed by atoms with E-state index in [0.29, 0.717) is 0 Å². The molecule has 0 aliphatic carbocycles. The third-order valence-corrected chi connectivity index (χ3v) is 2.61. The van der Waals surface area contributed by atoms with E-state index in [4.69, 9.17) is 32.3 Å². The van der Waals surface area contributed by atoms with E-state index in [0.717, 1.165) is 0 Å². The molecule has 2 aromatic rings. The molecule has 0 amide bonds. The van der Waals surface area contributed by atoms with Crippen LogP contribution in [-0.2, 0) is 4.74 Å². The van der Waals surface area contributed by atoms with Crippen molar-refractivity contribution in [1.29, 1.82) is 0 Å². The molecule has 10 heteroatoms. The Morgan fingerprint density at radius 2 is 2.05 bits per heavy atom. The van der Waals surface area contributed by atoms with Gasteiger partial charge in [-0.25, -0.2) is 4.98 Å². The molecule has 104 valence electrons. The second-order valence-corrected chi connectivity index (χ2v) is 4.15. The van der Waals surface area contributed by atoms with E-state index < -0.39 is 18.8 Å². The van der Waals surface area contributed by atoms with Crippen LogP contribution in [0, 0.1) is 0 Å². The fourth-order valence-electron chi connectivity index (χ4n) is 1.62. The smallest absolute Gasteiger partial charge is 0.268 e. The Balaban J connectivity index is 2.54. The summed E-state index contributed by atoms with van der Waals surface area (Å²) in [6.07, 6.45) is -0.894. The Morgan fingerprint density at radius 3 is 2.63 bits per heavy atom. The zero-order chi connectivity index (χ0) is 14.2. The van der Waals surface area contributed by atoms with Crippen molar-refractivity contribution in [2.45, 2.75) is 25.7 Å². The molecule has 2 atom stereocenters. The molecular weight excluding hydrogens is 278 g/mol. The van der Waals surface area contributed by atoms with Crippen LogP contribution in [0.4, 0.5) is 5.95 Å². The van der Waals surface area contributed by atoms with Crippen LogP contribution >= 0.6 is 11.6 Å². The summed E-state index contributed by atoms with van der Waals surface area (Å²) in [7, 11) is 0. The highest BCUT2D eigenvalue weighted by molar-refractivity contribution is 6.33. The molecule has 2 rings (SSSR count). The molecule has 2 aromatic heterocycles. The largest absolute Gasteiger partial charge is 0.389 e. The van der Waals surface area contributed by atoms with Crippen molar-refractivity contribution in [1.82, 2.24) is 19.5 Å². The average molecular weight is 290 g/mol. The lowest BCUT2D eigenvalue weighted by Crippen LogP contribution is -2.28. The van der Waals surface area contributed by atoms with Crippen LogP contribution in [0.3, 0.4) is 0 Å². The standard InChI is InChI=1S/C9H12ClN5O4/c1-3(16)7(19-9(17)18)15-2-12-4-5(10)13-8(11)14-6(4)15/h2-3,7,9,16-18H,1H3,(H2,11,13,14)/t3?,7-/m1/s1. The zero-order valence-electron chi connectivity index (χ0n) is 9.80. The molecule has 5 N–H and O–H groups in total. The van der Waals surface area contributed by atoms with E-state index in [2.05, 4.69) is 15.0 Å². The normalized spacial score (nSPS) is 15.1. The minimum Gasteiger partial charge on any atom is -0.389 e. The lowest BCUT2D eigenvalue weighted by atomic mass is 10.3. The van der Waals surface area contributed by atoms with Gasteiger partial charge in [0.2, 0.25) is 5.95 Å². The molecule has 9 nitrogen and oxygen atoms in total. The summed E-state index contributed by atoms with van der Waals surface area (Å²) in [6, 6.07) is 0. The van der Waals surface area contributed by atoms with Crippen LogP contribution in [0.5, 0.6) is 0 Å². The molecule has 0 bridgehead atoms. The third kappa shape index (κ3) is 2.74. The third-order valence-electron chi connectivity index (χ3n) is 2.34. The first-order valence-electron chi connectivity index (χ1n) is 5.25. The highest BCUT2D eigenvalue weighted by atomic mass is 35.5. The highest BCUT2D eigenvalue weighted by Gasteiger charge is 2.24. The number of rotatable bonds is 4. The Morgan fingerprint density at radius 1 is 1.37 bits per heavy atom. The van der Waals surface area contributed by atoms with Crippen molar-refractivity contribution in [2.24, 2.45) is 0 Å². The summed E-state index contributed by atoms with van der Waals surface area (Å²) in [5, 5.41) is 27.4. The van der Waals surface area contributed by atoms with Crippen molar-refractivity contribution >= 4 is 28.7 Å². The second kappa shape index (κ2) is 5.23. The zero-order valence-corrected chi connectivity index (χ0v) is 10.6. The number of anilines is 1.